The molecule has 1 atom stereocenters. The highest BCUT2D eigenvalue weighted by Crippen LogP contribution is 2.38. The van der Waals surface area contributed by atoms with E-state index in [4.69, 9.17) is 4.74 Å². The first-order chi connectivity index (χ1) is 9.48. The first-order valence-corrected chi connectivity index (χ1v) is 6.92. The summed E-state index contributed by atoms with van der Waals surface area (Å²) in [4.78, 5) is 18.0. The highest BCUT2D eigenvalue weighted by molar-refractivity contribution is 5.75. The monoisotopic (exact) mass is 278 g/mol. The van der Waals surface area contributed by atoms with Gasteiger partial charge in [-0.1, -0.05) is 19.9 Å². The molecule has 0 aromatic carbocycles. The Balaban J connectivity index is 2.03. The normalized spacial score (nSPS) is 23.2. The maximum absolute atomic E-state index is 11.6. The average Bonchev–Trinajstić information content (AvgIpc) is 2.85. The number of aromatic nitrogens is 1. The Labute approximate surface area is 119 Å². The summed E-state index contributed by atoms with van der Waals surface area (Å²) in [5, 5.41) is 9.53. The van der Waals surface area contributed by atoms with Crippen LogP contribution in [0.25, 0.3) is 0 Å². The zero-order valence-corrected chi connectivity index (χ0v) is 12.3. The lowest BCUT2D eigenvalue weighted by Crippen LogP contribution is -2.39. The van der Waals surface area contributed by atoms with Gasteiger partial charge in [-0.25, -0.2) is 4.98 Å². The van der Waals surface area contributed by atoms with Gasteiger partial charge < -0.3 is 9.84 Å². The number of hydrogen-bond acceptors (Lipinski definition) is 4. The van der Waals surface area contributed by atoms with Crippen molar-refractivity contribution < 1.29 is 14.6 Å². The fourth-order valence-electron chi connectivity index (χ4n) is 2.83. The van der Waals surface area contributed by atoms with Gasteiger partial charge in [0.1, 0.15) is 0 Å². The molecular weight excluding hydrogens is 256 g/mol. The first kappa shape index (κ1) is 14.8. The number of methoxy groups -OCH3 is 1. The smallest absolute Gasteiger partial charge is 0.311 e. The highest BCUT2D eigenvalue weighted by atomic mass is 16.5. The summed E-state index contributed by atoms with van der Waals surface area (Å²) in [6, 6.07) is 3.81. The van der Waals surface area contributed by atoms with E-state index in [-0.39, 0.29) is 5.92 Å². The molecule has 1 unspecified atom stereocenters. The molecule has 1 aromatic heterocycles. The summed E-state index contributed by atoms with van der Waals surface area (Å²) in [6.45, 7) is 6.14. The van der Waals surface area contributed by atoms with Crippen LogP contribution in [0.1, 0.15) is 25.8 Å². The second kappa shape index (κ2) is 5.79. The summed E-state index contributed by atoms with van der Waals surface area (Å²) in [5.74, 6) is 0.0547. The molecule has 0 aliphatic carbocycles. The number of aliphatic carboxylic acids is 1. The van der Waals surface area contributed by atoms with Gasteiger partial charge in [-0.15, -0.1) is 0 Å². The Bertz CT molecular complexity index is 473. The summed E-state index contributed by atoms with van der Waals surface area (Å²) >= 11 is 0. The van der Waals surface area contributed by atoms with Gasteiger partial charge in [0.2, 0.25) is 5.88 Å². The lowest BCUT2D eigenvalue weighted by atomic mass is 9.76. The maximum Gasteiger partial charge on any atom is 0.311 e. The first-order valence-electron chi connectivity index (χ1n) is 6.92. The molecule has 5 nitrogen and oxygen atoms in total. The molecule has 1 aliphatic rings. The van der Waals surface area contributed by atoms with E-state index in [1.165, 1.54) is 0 Å². The zero-order valence-electron chi connectivity index (χ0n) is 12.3. The largest absolute Gasteiger partial charge is 0.481 e. The maximum atomic E-state index is 11.6. The quantitative estimate of drug-likeness (QED) is 0.893. The molecule has 1 N–H and O–H groups in total. The number of ether oxygens (including phenoxy) is 1. The molecule has 2 rings (SSSR count). The Morgan fingerprint density at radius 1 is 1.55 bits per heavy atom. The van der Waals surface area contributed by atoms with Crippen LogP contribution in [0.4, 0.5) is 0 Å². The van der Waals surface area contributed by atoms with Crippen LogP contribution in [-0.2, 0) is 11.3 Å². The summed E-state index contributed by atoms with van der Waals surface area (Å²) in [6.07, 6.45) is 2.50. The SMILES string of the molecule is COc1ccc(CN2CCC(C(=O)O)(C(C)C)C2)cn1. The van der Waals surface area contributed by atoms with Crippen LogP contribution in [0, 0.1) is 11.3 Å². The van der Waals surface area contributed by atoms with Gasteiger partial charge >= 0.3 is 5.97 Å². The Morgan fingerprint density at radius 2 is 2.30 bits per heavy atom. The molecule has 0 radical (unpaired) electrons. The lowest BCUT2D eigenvalue weighted by molar-refractivity contribution is -0.151. The van der Waals surface area contributed by atoms with Crippen molar-refractivity contribution in [1.82, 2.24) is 9.88 Å². The standard InChI is InChI=1S/C15H22N2O3/c1-11(2)15(14(18)19)6-7-17(10-15)9-12-4-5-13(20-3)16-8-12/h4-5,8,11H,6-7,9-10H2,1-3H3,(H,18,19). The molecule has 1 saturated heterocycles. The van der Waals surface area contributed by atoms with Gasteiger partial charge in [-0.2, -0.15) is 0 Å². The van der Waals surface area contributed by atoms with Crippen LogP contribution < -0.4 is 4.74 Å². The van der Waals surface area contributed by atoms with E-state index in [0.29, 0.717) is 18.8 Å². The van der Waals surface area contributed by atoms with Crippen molar-refractivity contribution in [1.29, 1.82) is 0 Å². The van der Waals surface area contributed by atoms with E-state index < -0.39 is 11.4 Å². The Hall–Kier alpha value is -1.62. The minimum absolute atomic E-state index is 0.138. The Kier molecular flexibility index (Phi) is 4.28. The summed E-state index contributed by atoms with van der Waals surface area (Å²) in [5.41, 5.74) is 0.468. The number of hydrogen-bond donors (Lipinski definition) is 1. The molecule has 1 fully saturated rings. The van der Waals surface area contributed by atoms with Crippen LogP contribution in [0.5, 0.6) is 5.88 Å². The van der Waals surface area contributed by atoms with Crippen molar-refractivity contribution in [3.63, 3.8) is 0 Å². The number of carbonyl (C=O) groups is 1. The molecule has 110 valence electrons. The number of likely N-dealkylation sites (tertiary alicyclic amines) is 1. The number of pyridine rings is 1. The third-order valence-corrected chi connectivity index (χ3v) is 4.32. The van der Waals surface area contributed by atoms with E-state index in [0.717, 1.165) is 18.7 Å². The van der Waals surface area contributed by atoms with Crippen LogP contribution in [-0.4, -0.2) is 41.2 Å². The van der Waals surface area contributed by atoms with Gasteiger partial charge in [0.15, 0.2) is 0 Å². The van der Waals surface area contributed by atoms with Gasteiger partial charge in [0.25, 0.3) is 0 Å². The van der Waals surface area contributed by atoms with Crippen molar-refractivity contribution in [2.24, 2.45) is 11.3 Å². The molecule has 0 saturated carbocycles. The molecule has 0 amide bonds. The van der Waals surface area contributed by atoms with Gasteiger partial charge in [0.05, 0.1) is 12.5 Å². The second-order valence-corrected chi connectivity index (χ2v) is 5.79. The number of rotatable bonds is 5. The minimum Gasteiger partial charge on any atom is -0.481 e. The molecule has 20 heavy (non-hydrogen) atoms. The van der Waals surface area contributed by atoms with Crippen LogP contribution >= 0.6 is 0 Å². The van der Waals surface area contributed by atoms with E-state index in [2.05, 4.69) is 9.88 Å². The Morgan fingerprint density at radius 3 is 2.75 bits per heavy atom. The third kappa shape index (κ3) is 2.77. The molecule has 1 aliphatic heterocycles. The molecule has 0 spiro atoms. The number of carboxylic acids is 1. The summed E-state index contributed by atoms with van der Waals surface area (Å²) < 4.78 is 5.03. The lowest BCUT2D eigenvalue weighted by Gasteiger charge is -2.28. The van der Waals surface area contributed by atoms with E-state index in [9.17, 15) is 9.90 Å². The average molecular weight is 278 g/mol. The number of carboxylic acid groups (broad SMARTS) is 1. The van der Waals surface area contributed by atoms with Crippen molar-refractivity contribution in [2.45, 2.75) is 26.8 Å². The predicted octanol–water partition coefficient (Wildman–Crippen LogP) is 2.02. The second-order valence-electron chi connectivity index (χ2n) is 5.79. The molecule has 0 bridgehead atoms. The van der Waals surface area contributed by atoms with Gasteiger partial charge in [0, 0.05) is 25.4 Å². The molecular formula is C15H22N2O3. The zero-order chi connectivity index (χ0) is 14.8. The fourth-order valence-corrected chi connectivity index (χ4v) is 2.83. The van der Waals surface area contributed by atoms with Crippen molar-refractivity contribution >= 4 is 5.97 Å². The topological polar surface area (TPSA) is 62.7 Å². The van der Waals surface area contributed by atoms with Gasteiger partial charge in [-0.05, 0) is 24.4 Å². The van der Waals surface area contributed by atoms with Crippen molar-refractivity contribution in [3.05, 3.63) is 23.9 Å². The van der Waals surface area contributed by atoms with E-state index in [1.807, 2.05) is 26.0 Å². The number of nitrogens with zero attached hydrogens (tertiary/aromatic N) is 2. The van der Waals surface area contributed by atoms with E-state index >= 15 is 0 Å². The fraction of sp³-hybridized carbons (Fsp3) is 0.600. The van der Waals surface area contributed by atoms with Gasteiger partial charge in [-0.3, -0.25) is 9.69 Å². The molecule has 2 heterocycles. The van der Waals surface area contributed by atoms with Crippen molar-refractivity contribution in [3.8, 4) is 5.88 Å². The van der Waals surface area contributed by atoms with Crippen molar-refractivity contribution in [2.75, 3.05) is 20.2 Å². The van der Waals surface area contributed by atoms with E-state index in [1.54, 1.807) is 13.3 Å². The highest BCUT2D eigenvalue weighted by Gasteiger charge is 2.47. The predicted molar refractivity (Wildman–Crippen MR) is 75.6 cm³/mol. The molecule has 5 heteroatoms. The third-order valence-electron chi connectivity index (χ3n) is 4.32. The molecule has 1 aromatic rings. The summed E-state index contributed by atoms with van der Waals surface area (Å²) in [7, 11) is 1.59. The van der Waals surface area contributed by atoms with Crippen LogP contribution in [0.3, 0.4) is 0 Å². The van der Waals surface area contributed by atoms with Crippen LogP contribution in [0.2, 0.25) is 0 Å². The van der Waals surface area contributed by atoms with Crippen LogP contribution in [0.15, 0.2) is 18.3 Å². The minimum atomic E-state index is -0.678.